The van der Waals surface area contributed by atoms with Crippen molar-refractivity contribution in [2.24, 2.45) is 0 Å². The van der Waals surface area contributed by atoms with E-state index in [1.165, 1.54) is 11.1 Å². The van der Waals surface area contributed by atoms with Crippen molar-refractivity contribution in [3.05, 3.63) is 163 Å². The molecule has 0 spiro atoms. The molecule has 0 N–H and O–H groups in total. The smallest absolute Gasteiger partial charge is 0.220 e. The first kappa shape index (κ1) is 28.4. The van der Waals surface area contributed by atoms with Gasteiger partial charge in [0.15, 0.2) is 0 Å². The molecule has 0 fully saturated rings. The number of fused-ring (bicyclic) bond motifs is 7. The zero-order chi connectivity index (χ0) is 32.6. The normalized spacial score (nSPS) is 15.3. The summed E-state index contributed by atoms with van der Waals surface area (Å²) in [6.07, 6.45) is 0. The highest BCUT2D eigenvalue weighted by Gasteiger charge is 2.43. The van der Waals surface area contributed by atoms with Gasteiger partial charge in [-0.1, -0.05) is 84.9 Å². The third-order valence-corrected chi connectivity index (χ3v) is 10.2. The monoisotopic (exact) mass is 623 g/mol. The molecule has 0 saturated carbocycles. The summed E-state index contributed by atoms with van der Waals surface area (Å²) in [6, 6.07) is 54.5. The number of hydrogen-bond acceptors (Lipinski definition) is 3. The van der Waals surface area contributed by atoms with Gasteiger partial charge in [-0.25, -0.2) is 4.98 Å². The molecule has 1 aliphatic heterocycles. The molecule has 5 heteroatoms. The standard InChI is InChI=1S/C43H37N5/c1-42(2)33-21-11-12-22-34(33)43(3,4)48(39-26-16-15-25-38(39)47(42)31-19-9-6-10-20-31)32-27-28-35-40(29-32)46-37-24-14-13-23-36(37)45(41(46)44-35)30-17-7-5-8-18-30/h5-29H,1-4H3. The van der Waals surface area contributed by atoms with Gasteiger partial charge < -0.3 is 9.80 Å². The first-order chi connectivity index (χ1) is 23.4. The average Bonchev–Trinajstić information content (AvgIpc) is 3.64. The Labute approximate surface area is 280 Å². The molecule has 8 aromatic rings. The van der Waals surface area contributed by atoms with E-state index >= 15 is 0 Å². The van der Waals surface area contributed by atoms with Gasteiger partial charge in [-0.05, 0) is 106 Å². The van der Waals surface area contributed by atoms with E-state index in [2.05, 4.69) is 198 Å². The zero-order valence-corrected chi connectivity index (χ0v) is 27.7. The fraction of sp³-hybridized carbons (Fsp3) is 0.140. The van der Waals surface area contributed by atoms with Gasteiger partial charge in [-0.3, -0.25) is 8.97 Å². The summed E-state index contributed by atoms with van der Waals surface area (Å²) in [5, 5.41) is 0. The Morgan fingerprint density at radius 3 is 1.56 bits per heavy atom. The van der Waals surface area contributed by atoms with Gasteiger partial charge in [0.2, 0.25) is 5.78 Å². The maximum Gasteiger partial charge on any atom is 0.220 e. The second-order valence-corrected chi connectivity index (χ2v) is 13.7. The molecule has 5 nitrogen and oxygen atoms in total. The van der Waals surface area contributed by atoms with Crippen LogP contribution >= 0.6 is 0 Å². The molecule has 3 heterocycles. The minimum Gasteiger partial charge on any atom is -0.330 e. The third-order valence-electron chi connectivity index (χ3n) is 10.2. The molecule has 0 radical (unpaired) electrons. The third kappa shape index (κ3) is 4.00. The lowest BCUT2D eigenvalue weighted by molar-refractivity contribution is 0.471. The molecule has 0 atom stereocenters. The van der Waals surface area contributed by atoms with Crippen LogP contribution < -0.4 is 9.80 Å². The molecule has 48 heavy (non-hydrogen) atoms. The number of rotatable bonds is 3. The van der Waals surface area contributed by atoms with E-state index in [1.54, 1.807) is 0 Å². The first-order valence-corrected chi connectivity index (χ1v) is 16.7. The first-order valence-electron chi connectivity index (χ1n) is 16.7. The van der Waals surface area contributed by atoms with Crippen molar-refractivity contribution in [1.82, 2.24) is 14.0 Å². The van der Waals surface area contributed by atoms with Crippen molar-refractivity contribution >= 4 is 50.6 Å². The van der Waals surface area contributed by atoms with Crippen LogP contribution in [0.4, 0.5) is 22.7 Å². The largest absolute Gasteiger partial charge is 0.330 e. The Morgan fingerprint density at radius 1 is 0.438 bits per heavy atom. The number of anilines is 4. The fourth-order valence-electron chi connectivity index (χ4n) is 8.10. The Kier molecular flexibility index (Phi) is 6.12. The zero-order valence-electron chi connectivity index (χ0n) is 27.7. The SMILES string of the molecule is CC1(C)c2ccccc2C(C)(C)N(c2ccc3nc4n(-c5ccccc5)c5ccccc5n4c3c2)c2ccccc2N1c1ccccc1. The molecule has 0 bridgehead atoms. The number of benzene rings is 6. The van der Waals surface area contributed by atoms with Crippen molar-refractivity contribution in [1.29, 1.82) is 0 Å². The van der Waals surface area contributed by atoms with E-state index in [1.807, 2.05) is 0 Å². The van der Waals surface area contributed by atoms with Crippen LogP contribution in [0.25, 0.3) is 33.5 Å². The van der Waals surface area contributed by atoms with Crippen LogP contribution in [0.2, 0.25) is 0 Å². The summed E-state index contributed by atoms with van der Waals surface area (Å²) in [7, 11) is 0. The van der Waals surface area contributed by atoms with Crippen LogP contribution in [-0.4, -0.2) is 14.0 Å². The van der Waals surface area contributed by atoms with Crippen LogP contribution in [0.3, 0.4) is 0 Å². The number of para-hydroxylation sites is 6. The maximum atomic E-state index is 5.24. The van der Waals surface area contributed by atoms with Crippen LogP contribution in [-0.2, 0) is 11.1 Å². The molecule has 2 aromatic heterocycles. The maximum absolute atomic E-state index is 5.24. The Morgan fingerprint density at radius 2 is 0.938 bits per heavy atom. The van der Waals surface area contributed by atoms with Crippen molar-refractivity contribution < 1.29 is 0 Å². The summed E-state index contributed by atoms with van der Waals surface area (Å²) in [5.41, 5.74) is 11.9. The van der Waals surface area contributed by atoms with E-state index in [0.717, 1.165) is 56.3 Å². The van der Waals surface area contributed by atoms with Crippen molar-refractivity contribution in [2.75, 3.05) is 9.80 Å². The number of aromatic nitrogens is 3. The second kappa shape index (κ2) is 10.3. The second-order valence-electron chi connectivity index (χ2n) is 13.7. The molecule has 0 saturated heterocycles. The van der Waals surface area contributed by atoms with E-state index in [-0.39, 0.29) is 5.54 Å². The summed E-state index contributed by atoms with van der Waals surface area (Å²) in [6.45, 7) is 9.40. The molecule has 0 unspecified atom stereocenters. The van der Waals surface area contributed by atoms with Crippen LogP contribution in [0, 0.1) is 0 Å². The van der Waals surface area contributed by atoms with Gasteiger partial charge >= 0.3 is 0 Å². The molecule has 6 aromatic carbocycles. The summed E-state index contributed by atoms with van der Waals surface area (Å²) in [5.74, 6) is 0.907. The molecule has 234 valence electrons. The van der Waals surface area contributed by atoms with Gasteiger partial charge in [0.05, 0.1) is 44.5 Å². The number of nitrogens with zero attached hydrogens (tertiary/aromatic N) is 5. The quantitative estimate of drug-likeness (QED) is 0.196. The van der Waals surface area contributed by atoms with E-state index in [4.69, 9.17) is 4.98 Å². The van der Waals surface area contributed by atoms with Crippen LogP contribution in [0.5, 0.6) is 0 Å². The highest BCUT2D eigenvalue weighted by Crippen LogP contribution is 2.53. The Hall–Kier alpha value is -5.81. The number of hydrogen-bond donors (Lipinski definition) is 0. The summed E-state index contributed by atoms with van der Waals surface area (Å²) >= 11 is 0. The molecular weight excluding hydrogens is 587 g/mol. The van der Waals surface area contributed by atoms with Gasteiger partial charge in [-0.2, -0.15) is 0 Å². The highest BCUT2D eigenvalue weighted by atomic mass is 15.3. The summed E-state index contributed by atoms with van der Waals surface area (Å²) in [4.78, 5) is 10.3. The van der Waals surface area contributed by atoms with Crippen molar-refractivity contribution in [2.45, 2.75) is 38.8 Å². The predicted octanol–water partition coefficient (Wildman–Crippen LogP) is 10.9. The molecule has 0 amide bonds. The number of imidazole rings is 2. The lowest BCUT2D eigenvalue weighted by atomic mass is 9.78. The van der Waals surface area contributed by atoms with E-state index < -0.39 is 5.54 Å². The van der Waals surface area contributed by atoms with Crippen molar-refractivity contribution in [3.63, 3.8) is 0 Å². The minimum atomic E-state index is -0.401. The highest BCUT2D eigenvalue weighted by molar-refractivity contribution is 5.95. The van der Waals surface area contributed by atoms with Crippen molar-refractivity contribution in [3.8, 4) is 5.69 Å². The van der Waals surface area contributed by atoms with E-state index in [9.17, 15) is 0 Å². The molecular formula is C43H37N5. The van der Waals surface area contributed by atoms with Gasteiger partial charge in [0, 0.05) is 17.1 Å². The fourth-order valence-corrected chi connectivity index (χ4v) is 8.10. The predicted molar refractivity (Wildman–Crippen MR) is 199 cm³/mol. The topological polar surface area (TPSA) is 28.7 Å². The van der Waals surface area contributed by atoms with Crippen LogP contribution in [0.1, 0.15) is 38.8 Å². The lowest BCUT2D eigenvalue weighted by Crippen LogP contribution is -2.47. The Balaban J connectivity index is 1.35. The Bertz CT molecular complexity index is 2470. The average molecular weight is 624 g/mol. The summed E-state index contributed by atoms with van der Waals surface area (Å²) < 4.78 is 4.58. The molecule has 9 rings (SSSR count). The molecule has 0 aliphatic carbocycles. The van der Waals surface area contributed by atoms with Gasteiger partial charge in [0.1, 0.15) is 0 Å². The lowest BCUT2D eigenvalue weighted by Gasteiger charge is -2.51. The van der Waals surface area contributed by atoms with Gasteiger partial charge in [0.25, 0.3) is 0 Å². The van der Waals surface area contributed by atoms with Crippen LogP contribution in [0.15, 0.2) is 152 Å². The minimum absolute atomic E-state index is 0.335. The van der Waals surface area contributed by atoms with Gasteiger partial charge in [-0.15, -0.1) is 0 Å². The van der Waals surface area contributed by atoms with E-state index in [0.29, 0.717) is 0 Å². The molecule has 1 aliphatic rings.